The molecular formula is C15H19FN6O2. The van der Waals surface area contributed by atoms with Crippen molar-refractivity contribution in [1.29, 1.82) is 0 Å². The predicted molar refractivity (Wildman–Crippen MR) is 82.7 cm³/mol. The number of anilines is 1. The first-order chi connectivity index (χ1) is 11.4. The van der Waals surface area contributed by atoms with Crippen LogP contribution in [0.2, 0.25) is 0 Å². The van der Waals surface area contributed by atoms with E-state index < -0.39 is 11.4 Å². The molecule has 3 heterocycles. The fourth-order valence-corrected chi connectivity index (χ4v) is 3.01. The van der Waals surface area contributed by atoms with Crippen molar-refractivity contribution in [2.45, 2.75) is 39.2 Å². The van der Waals surface area contributed by atoms with E-state index in [0.29, 0.717) is 43.3 Å². The maximum atomic E-state index is 14.5. The zero-order valence-corrected chi connectivity index (χ0v) is 13.8. The second kappa shape index (κ2) is 6.14. The van der Waals surface area contributed by atoms with Gasteiger partial charge >= 0.3 is 0 Å². The van der Waals surface area contributed by atoms with Gasteiger partial charge in [0.15, 0.2) is 17.5 Å². The number of aryl methyl sites for hydroxylation is 2. The molecule has 1 amide bonds. The smallest absolute Gasteiger partial charge is 0.254 e. The molecule has 0 radical (unpaired) electrons. The van der Waals surface area contributed by atoms with Crippen LogP contribution in [0, 0.1) is 12.7 Å². The van der Waals surface area contributed by atoms with Gasteiger partial charge in [-0.1, -0.05) is 12.1 Å². The molecule has 0 aromatic carbocycles. The molecule has 1 atom stereocenters. The zero-order chi connectivity index (χ0) is 17.3. The molecule has 128 valence electrons. The Kier molecular flexibility index (Phi) is 4.16. The summed E-state index contributed by atoms with van der Waals surface area (Å²) in [5, 5.41) is 6.69. The van der Waals surface area contributed by atoms with Gasteiger partial charge in [0.05, 0.1) is 12.2 Å². The lowest BCUT2D eigenvalue weighted by atomic mass is 9.98. The number of carbonyl (C=O) groups excluding carboxylic acids is 1. The highest BCUT2D eigenvalue weighted by Gasteiger charge is 2.46. The molecule has 1 aliphatic rings. The minimum atomic E-state index is -0.850. The Labute approximate surface area is 138 Å². The second-order valence-corrected chi connectivity index (χ2v) is 5.89. The van der Waals surface area contributed by atoms with Gasteiger partial charge in [-0.15, -0.1) is 0 Å². The van der Waals surface area contributed by atoms with Gasteiger partial charge in [0.25, 0.3) is 5.89 Å². The van der Waals surface area contributed by atoms with Gasteiger partial charge < -0.3 is 14.7 Å². The molecule has 0 saturated carbocycles. The molecule has 24 heavy (non-hydrogen) atoms. The Balaban J connectivity index is 1.94. The van der Waals surface area contributed by atoms with Gasteiger partial charge in [0.1, 0.15) is 11.9 Å². The Morgan fingerprint density at radius 2 is 2.29 bits per heavy atom. The number of nitrogens with zero attached hydrogens (tertiary/aromatic N) is 5. The number of aromatic nitrogens is 4. The van der Waals surface area contributed by atoms with E-state index in [1.54, 1.807) is 11.8 Å². The fraction of sp³-hybridized carbons (Fsp3) is 0.533. The molecule has 3 rings (SSSR count). The third-order valence-electron chi connectivity index (χ3n) is 4.10. The fourth-order valence-electron chi connectivity index (χ4n) is 3.01. The second-order valence-electron chi connectivity index (χ2n) is 5.89. The summed E-state index contributed by atoms with van der Waals surface area (Å²) >= 11 is 0. The van der Waals surface area contributed by atoms with Crippen LogP contribution in [-0.2, 0) is 16.8 Å². The molecule has 2 aromatic heterocycles. The number of halogens is 1. The normalized spacial score (nSPS) is 20.4. The van der Waals surface area contributed by atoms with Crippen molar-refractivity contribution in [1.82, 2.24) is 25.4 Å². The standard InChI is InChI=1S/C15H19FN6O2/c1-4-11-12(16)13(18-8-17-11)22-6-5-15(7-22,20-10(3)23)14-19-9(2)21-24-14/h8H,4-7H2,1-3H3,(H,20,23). The Morgan fingerprint density at radius 1 is 1.50 bits per heavy atom. The molecule has 9 heteroatoms. The lowest BCUT2D eigenvalue weighted by Gasteiger charge is -2.26. The Hall–Kier alpha value is -2.58. The maximum Gasteiger partial charge on any atom is 0.254 e. The monoisotopic (exact) mass is 334 g/mol. The number of nitrogens with one attached hydrogen (secondary N) is 1. The highest BCUT2D eigenvalue weighted by Crippen LogP contribution is 2.34. The van der Waals surface area contributed by atoms with E-state index in [4.69, 9.17) is 4.52 Å². The van der Waals surface area contributed by atoms with Crippen molar-refractivity contribution < 1.29 is 13.7 Å². The van der Waals surface area contributed by atoms with Crippen LogP contribution >= 0.6 is 0 Å². The summed E-state index contributed by atoms with van der Waals surface area (Å²) in [6.45, 7) is 5.76. The zero-order valence-electron chi connectivity index (χ0n) is 13.8. The van der Waals surface area contributed by atoms with Crippen LogP contribution in [0.15, 0.2) is 10.9 Å². The van der Waals surface area contributed by atoms with Crippen LogP contribution in [0.1, 0.15) is 37.7 Å². The van der Waals surface area contributed by atoms with Gasteiger partial charge in [-0.3, -0.25) is 4.79 Å². The van der Waals surface area contributed by atoms with Crippen molar-refractivity contribution in [3.8, 4) is 0 Å². The molecule has 1 N–H and O–H groups in total. The number of amides is 1. The molecule has 8 nitrogen and oxygen atoms in total. The average Bonchev–Trinajstić information content (AvgIpc) is 3.15. The summed E-state index contributed by atoms with van der Waals surface area (Å²) in [5.41, 5.74) is -0.484. The topological polar surface area (TPSA) is 97.0 Å². The summed E-state index contributed by atoms with van der Waals surface area (Å²) in [4.78, 5) is 25.7. The van der Waals surface area contributed by atoms with E-state index in [1.165, 1.54) is 13.3 Å². The van der Waals surface area contributed by atoms with E-state index in [2.05, 4.69) is 25.4 Å². The van der Waals surface area contributed by atoms with Crippen LogP contribution in [0.3, 0.4) is 0 Å². The van der Waals surface area contributed by atoms with Crippen molar-refractivity contribution >= 4 is 11.7 Å². The first-order valence-corrected chi connectivity index (χ1v) is 7.79. The molecule has 0 spiro atoms. The van der Waals surface area contributed by atoms with Crippen molar-refractivity contribution in [3.63, 3.8) is 0 Å². The predicted octanol–water partition coefficient (Wildman–Crippen LogP) is 1.11. The molecule has 1 fully saturated rings. The van der Waals surface area contributed by atoms with E-state index >= 15 is 0 Å². The molecule has 0 aliphatic carbocycles. The van der Waals surface area contributed by atoms with Gasteiger partial charge in [-0.05, 0) is 19.8 Å². The highest BCUT2D eigenvalue weighted by atomic mass is 19.1. The summed E-state index contributed by atoms with van der Waals surface area (Å²) in [6, 6.07) is 0. The van der Waals surface area contributed by atoms with E-state index in [-0.39, 0.29) is 11.7 Å². The molecule has 1 aliphatic heterocycles. The summed E-state index contributed by atoms with van der Waals surface area (Å²) in [5.74, 6) is 0.383. The minimum absolute atomic E-state index is 0.217. The van der Waals surface area contributed by atoms with Gasteiger partial charge in [0, 0.05) is 13.5 Å². The quantitative estimate of drug-likeness (QED) is 0.894. The van der Waals surface area contributed by atoms with Crippen LogP contribution in [0.5, 0.6) is 0 Å². The molecule has 0 bridgehead atoms. The van der Waals surface area contributed by atoms with Crippen LogP contribution < -0.4 is 10.2 Å². The van der Waals surface area contributed by atoms with Crippen molar-refractivity contribution in [3.05, 3.63) is 29.6 Å². The molecular weight excluding hydrogens is 315 g/mol. The van der Waals surface area contributed by atoms with Crippen LogP contribution in [0.25, 0.3) is 0 Å². The van der Waals surface area contributed by atoms with Crippen molar-refractivity contribution in [2.75, 3.05) is 18.0 Å². The average molecular weight is 334 g/mol. The van der Waals surface area contributed by atoms with E-state index in [9.17, 15) is 9.18 Å². The number of hydrogen-bond donors (Lipinski definition) is 1. The maximum absolute atomic E-state index is 14.5. The van der Waals surface area contributed by atoms with E-state index in [0.717, 1.165) is 0 Å². The summed E-state index contributed by atoms with van der Waals surface area (Å²) in [7, 11) is 0. The van der Waals surface area contributed by atoms with Gasteiger partial charge in [-0.25, -0.2) is 14.4 Å². The number of carbonyl (C=O) groups is 1. The lowest BCUT2D eigenvalue weighted by molar-refractivity contribution is -0.121. The highest BCUT2D eigenvalue weighted by molar-refractivity contribution is 5.74. The summed E-state index contributed by atoms with van der Waals surface area (Å²) in [6.07, 6.45) is 2.35. The SMILES string of the molecule is CCc1ncnc(N2CCC(NC(C)=O)(c3nc(C)no3)C2)c1F. The Bertz CT molecular complexity index is 764. The van der Waals surface area contributed by atoms with Crippen molar-refractivity contribution in [2.24, 2.45) is 0 Å². The summed E-state index contributed by atoms with van der Waals surface area (Å²) < 4.78 is 19.8. The first-order valence-electron chi connectivity index (χ1n) is 7.79. The van der Waals surface area contributed by atoms with Gasteiger partial charge in [-0.2, -0.15) is 4.98 Å². The molecule has 2 aromatic rings. The molecule has 1 saturated heterocycles. The lowest BCUT2D eigenvalue weighted by Crippen LogP contribution is -2.47. The van der Waals surface area contributed by atoms with Gasteiger partial charge in [0.2, 0.25) is 5.91 Å². The van der Waals surface area contributed by atoms with E-state index in [1.807, 2.05) is 6.92 Å². The van der Waals surface area contributed by atoms with Crippen LogP contribution in [0.4, 0.5) is 10.2 Å². The van der Waals surface area contributed by atoms with Crippen LogP contribution in [-0.4, -0.2) is 39.1 Å². The first kappa shape index (κ1) is 16.3. The largest absolute Gasteiger partial charge is 0.351 e. The third kappa shape index (κ3) is 2.81. The molecule has 1 unspecified atom stereocenters. The third-order valence-corrected chi connectivity index (χ3v) is 4.10. The number of hydrogen-bond acceptors (Lipinski definition) is 7. The minimum Gasteiger partial charge on any atom is -0.351 e. The number of rotatable bonds is 4. The Morgan fingerprint density at radius 3 is 2.92 bits per heavy atom.